The molecule has 25 heavy (non-hydrogen) atoms. The normalized spacial score (nSPS) is 16.9. The average Bonchev–Trinajstić information content (AvgIpc) is 2.68. The fraction of sp³-hybridized carbons (Fsp3) is 0.222. The van der Waals surface area contributed by atoms with Gasteiger partial charge < -0.3 is 15.0 Å². The topological polar surface area (TPSA) is 58.6 Å². The monoisotopic (exact) mass is 346 g/mol. The van der Waals surface area contributed by atoms with E-state index >= 15 is 0 Å². The van der Waals surface area contributed by atoms with Crippen molar-refractivity contribution in [2.75, 3.05) is 10.2 Å². The SMILES string of the molecule is C[C@H]1CC(=O)Nc2ccccc2N1C(=O)c1ccc(OC(F)F)cc1. The molecule has 2 amide bonds. The first kappa shape index (κ1) is 16.9. The Morgan fingerprint density at radius 2 is 1.88 bits per heavy atom. The second kappa shape index (κ2) is 6.88. The highest BCUT2D eigenvalue weighted by molar-refractivity contribution is 6.11. The summed E-state index contributed by atoms with van der Waals surface area (Å²) in [4.78, 5) is 26.5. The molecule has 0 unspecified atom stereocenters. The zero-order valence-electron chi connectivity index (χ0n) is 13.4. The Bertz CT molecular complexity index is 793. The summed E-state index contributed by atoms with van der Waals surface area (Å²) in [6.45, 7) is -1.13. The number of carbonyl (C=O) groups excluding carboxylic acids is 2. The summed E-state index contributed by atoms with van der Waals surface area (Å²) in [7, 11) is 0. The Hall–Kier alpha value is -2.96. The molecule has 1 aliphatic heterocycles. The lowest BCUT2D eigenvalue weighted by atomic mass is 10.1. The average molecular weight is 346 g/mol. The molecule has 1 aliphatic rings. The minimum Gasteiger partial charge on any atom is -0.435 e. The van der Waals surface area contributed by atoms with Crippen LogP contribution in [0.25, 0.3) is 0 Å². The number of para-hydroxylation sites is 2. The van der Waals surface area contributed by atoms with Gasteiger partial charge in [-0.25, -0.2) is 0 Å². The molecule has 7 heteroatoms. The first-order valence-corrected chi connectivity index (χ1v) is 7.73. The van der Waals surface area contributed by atoms with Crippen molar-refractivity contribution >= 4 is 23.2 Å². The van der Waals surface area contributed by atoms with Gasteiger partial charge in [0.05, 0.1) is 11.4 Å². The van der Waals surface area contributed by atoms with Crippen molar-refractivity contribution < 1.29 is 23.1 Å². The van der Waals surface area contributed by atoms with E-state index < -0.39 is 6.61 Å². The quantitative estimate of drug-likeness (QED) is 0.923. The van der Waals surface area contributed by atoms with Gasteiger partial charge in [0.2, 0.25) is 5.91 Å². The van der Waals surface area contributed by atoms with Crippen LogP contribution in [0, 0.1) is 0 Å². The summed E-state index contributed by atoms with van der Waals surface area (Å²) >= 11 is 0. The third-order valence-electron chi connectivity index (χ3n) is 3.90. The lowest BCUT2D eigenvalue weighted by Gasteiger charge is -2.28. The van der Waals surface area contributed by atoms with E-state index in [1.165, 1.54) is 29.2 Å². The van der Waals surface area contributed by atoms with Crippen molar-refractivity contribution in [2.24, 2.45) is 0 Å². The number of nitrogens with one attached hydrogen (secondary N) is 1. The van der Waals surface area contributed by atoms with Gasteiger partial charge in [-0.2, -0.15) is 8.78 Å². The van der Waals surface area contributed by atoms with Crippen LogP contribution in [0.15, 0.2) is 48.5 Å². The van der Waals surface area contributed by atoms with Crippen LogP contribution in [0.5, 0.6) is 5.75 Å². The zero-order valence-corrected chi connectivity index (χ0v) is 13.4. The highest BCUT2D eigenvalue weighted by Crippen LogP contribution is 2.32. The molecule has 0 saturated carbocycles. The molecule has 0 radical (unpaired) electrons. The summed E-state index contributed by atoms with van der Waals surface area (Å²) in [5.74, 6) is -0.510. The predicted molar refractivity (Wildman–Crippen MR) is 89.0 cm³/mol. The largest absolute Gasteiger partial charge is 0.435 e. The molecule has 0 aromatic heterocycles. The van der Waals surface area contributed by atoms with Gasteiger partial charge in [0.1, 0.15) is 5.75 Å². The molecular weight excluding hydrogens is 330 g/mol. The van der Waals surface area contributed by atoms with Crippen molar-refractivity contribution in [2.45, 2.75) is 26.0 Å². The van der Waals surface area contributed by atoms with Gasteiger partial charge >= 0.3 is 6.61 Å². The number of nitrogens with zero attached hydrogens (tertiary/aromatic N) is 1. The molecule has 2 aromatic rings. The molecule has 0 spiro atoms. The number of fused-ring (bicyclic) bond motifs is 1. The molecule has 0 bridgehead atoms. The Labute approximate surface area is 143 Å². The Morgan fingerprint density at radius 3 is 2.56 bits per heavy atom. The Morgan fingerprint density at radius 1 is 1.20 bits per heavy atom. The van der Waals surface area contributed by atoms with E-state index in [1.807, 2.05) is 0 Å². The van der Waals surface area contributed by atoms with Crippen molar-refractivity contribution in [1.82, 2.24) is 0 Å². The summed E-state index contributed by atoms with van der Waals surface area (Å²) in [5.41, 5.74) is 1.47. The van der Waals surface area contributed by atoms with Crippen LogP contribution in [-0.4, -0.2) is 24.5 Å². The molecule has 5 nitrogen and oxygen atoms in total. The number of benzene rings is 2. The fourth-order valence-corrected chi connectivity index (χ4v) is 2.82. The molecular formula is C18H16F2N2O3. The molecule has 0 aliphatic carbocycles. The van der Waals surface area contributed by atoms with E-state index in [4.69, 9.17) is 0 Å². The first-order chi connectivity index (χ1) is 12.0. The summed E-state index contributed by atoms with van der Waals surface area (Å²) in [6.07, 6.45) is 0.160. The second-order valence-electron chi connectivity index (χ2n) is 5.70. The standard InChI is InChI=1S/C18H16F2N2O3/c1-11-10-16(23)21-14-4-2-3-5-15(14)22(11)17(24)12-6-8-13(9-7-12)25-18(19)20/h2-9,11,18H,10H2,1H3,(H,21,23)/t11-/m0/s1. The van der Waals surface area contributed by atoms with Gasteiger partial charge in [-0.15, -0.1) is 0 Å². The molecule has 1 atom stereocenters. The lowest BCUT2D eigenvalue weighted by molar-refractivity contribution is -0.116. The van der Waals surface area contributed by atoms with Gasteiger partial charge in [-0.3, -0.25) is 9.59 Å². The number of ether oxygens (including phenoxy) is 1. The van der Waals surface area contributed by atoms with E-state index in [0.717, 1.165) is 0 Å². The van der Waals surface area contributed by atoms with Gasteiger partial charge in [0.25, 0.3) is 5.91 Å². The van der Waals surface area contributed by atoms with Crippen LogP contribution in [0.3, 0.4) is 0 Å². The number of alkyl halides is 2. The maximum atomic E-state index is 13.0. The number of anilines is 2. The fourth-order valence-electron chi connectivity index (χ4n) is 2.82. The molecule has 3 rings (SSSR count). The third kappa shape index (κ3) is 3.60. The smallest absolute Gasteiger partial charge is 0.387 e. The highest BCUT2D eigenvalue weighted by Gasteiger charge is 2.30. The zero-order chi connectivity index (χ0) is 18.0. The van der Waals surface area contributed by atoms with E-state index in [2.05, 4.69) is 10.1 Å². The summed E-state index contributed by atoms with van der Waals surface area (Å²) < 4.78 is 28.8. The van der Waals surface area contributed by atoms with Gasteiger partial charge in [0, 0.05) is 18.0 Å². The first-order valence-electron chi connectivity index (χ1n) is 7.73. The number of rotatable bonds is 3. The Balaban J connectivity index is 1.93. The van der Waals surface area contributed by atoms with Crippen molar-refractivity contribution in [3.63, 3.8) is 0 Å². The van der Waals surface area contributed by atoms with Crippen LogP contribution in [0.2, 0.25) is 0 Å². The van der Waals surface area contributed by atoms with E-state index in [1.54, 1.807) is 31.2 Å². The summed E-state index contributed by atoms with van der Waals surface area (Å²) in [6, 6.07) is 12.2. The molecule has 1 heterocycles. The van der Waals surface area contributed by atoms with Crippen LogP contribution >= 0.6 is 0 Å². The summed E-state index contributed by atoms with van der Waals surface area (Å²) in [5, 5.41) is 2.78. The van der Waals surface area contributed by atoms with Gasteiger partial charge in [0.15, 0.2) is 0 Å². The molecule has 0 saturated heterocycles. The van der Waals surface area contributed by atoms with Gasteiger partial charge in [-0.05, 0) is 43.3 Å². The van der Waals surface area contributed by atoms with Crippen LogP contribution in [0.4, 0.5) is 20.2 Å². The minimum atomic E-state index is -2.92. The van der Waals surface area contributed by atoms with Crippen LogP contribution < -0.4 is 15.0 Å². The van der Waals surface area contributed by atoms with E-state index in [0.29, 0.717) is 16.9 Å². The van der Waals surface area contributed by atoms with Crippen LogP contribution in [0.1, 0.15) is 23.7 Å². The minimum absolute atomic E-state index is 0.0206. The molecule has 0 fully saturated rings. The van der Waals surface area contributed by atoms with Gasteiger partial charge in [-0.1, -0.05) is 12.1 Å². The van der Waals surface area contributed by atoms with Crippen molar-refractivity contribution in [3.8, 4) is 5.75 Å². The number of halogens is 2. The molecule has 2 aromatic carbocycles. The van der Waals surface area contributed by atoms with Crippen LogP contribution in [-0.2, 0) is 4.79 Å². The third-order valence-corrected chi connectivity index (χ3v) is 3.90. The Kier molecular flexibility index (Phi) is 4.65. The highest BCUT2D eigenvalue weighted by atomic mass is 19.3. The number of amides is 2. The van der Waals surface area contributed by atoms with Crippen molar-refractivity contribution in [3.05, 3.63) is 54.1 Å². The van der Waals surface area contributed by atoms with Crippen molar-refractivity contribution in [1.29, 1.82) is 0 Å². The lowest BCUT2D eigenvalue weighted by Crippen LogP contribution is -2.39. The maximum absolute atomic E-state index is 13.0. The second-order valence-corrected chi connectivity index (χ2v) is 5.70. The van der Waals surface area contributed by atoms with E-state index in [-0.39, 0.29) is 30.0 Å². The van der Waals surface area contributed by atoms with E-state index in [9.17, 15) is 18.4 Å². The number of carbonyl (C=O) groups is 2. The molecule has 1 N–H and O–H groups in total. The molecule has 130 valence electrons. The number of hydrogen-bond donors (Lipinski definition) is 1. The number of hydrogen-bond acceptors (Lipinski definition) is 3. The maximum Gasteiger partial charge on any atom is 0.387 e. The predicted octanol–water partition coefficient (Wildman–Crippen LogP) is 3.67.